The summed E-state index contributed by atoms with van der Waals surface area (Å²) in [5.41, 5.74) is 6.78. The molecule has 3 rings (SSSR count). The lowest BCUT2D eigenvalue weighted by atomic mass is 9.97. The molecule has 0 saturated heterocycles. The van der Waals surface area contributed by atoms with E-state index in [-0.39, 0.29) is 17.8 Å². The van der Waals surface area contributed by atoms with Crippen molar-refractivity contribution in [2.75, 3.05) is 0 Å². The lowest BCUT2D eigenvalue weighted by Gasteiger charge is -2.27. The molecule has 2 atom stereocenters. The van der Waals surface area contributed by atoms with Gasteiger partial charge in [-0.1, -0.05) is 12.1 Å². The Labute approximate surface area is 120 Å². The highest BCUT2D eigenvalue weighted by Crippen LogP contribution is 2.32. The molecule has 1 aliphatic heterocycles. The normalized spacial score (nSPS) is 21.4. The molecule has 2 heterocycles. The highest BCUT2D eigenvalue weighted by atomic mass is 16.6. The van der Waals surface area contributed by atoms with E-state index in [0.717, 1.165) is 11.3 Å². The third kappa shape index (κ3) is 2.71. The minimum atomic E-state index is -0.421. The molecule has 0 aliphatic carbocycles. The van der Waals surface area contributed by atoms with Gasteiger partial charge in [-0.2, -0.15) is 0 Å². The molecular weight excluding hydrogens is 272 g/mol. The average molecular weight is 286 g/mol. The highest BCUT2D eigenvalue weighted by molar-refractivity contribution is 5.79. The maximum absolute atomic E-state index is 10.7. The van der Waals surface area contributed by atoms with E-state index in [0.29, 0.717) is 12.4 Å². The number of benzene rings is 1. The Balaban J connectivity index is 1.84. The van der Waals surface area contributed by atoms with Crippen molar-refractivity contribution < 1.29 is 9.34 Å². The molecule has 0 radical (unpaired) electrons. The second kappa shape index (κ2) is 5.28. The van der Waals surface area contributed by atoms with Crippen LogP contribution in [0.3, 0.4) is 0 Å². The fraction of sp³-hybridized carbons (Fsp3) is 0.214. The van der Waals surface area contributed by atoms with Crippen LogP contribution in [-0.2, 0) is 0 Å². The molecule has 108 valence electrons. The smallest absolute Gasteiger partial charge is 0.269 e. The van der Waals surface area contributed by atoms with Gasteiger partial charge in [-0.3, -0.25) is 10.1 Å². The van der Waals surface area contributed by atoms with Crippen LogP contribution in [0.25, 0.3) is 0 Å². The first-order chi connectivity index (χ1) is 10.1. The number of nitrogens with one attached hydrogen (secondary N) is 1. The first-order valence-corrected chi connectivity index (χ1v) is 6.51. The topological polar surface area (TPSA) is 107 Å². The number of guanidine groups is 1. The summed E-state index contributed by atoms with van der Waals surface area (Å²) in [4.78, 5) is 14.6. The predicted octanol–water partition coefficient (Wildman–Crippen LogP) is 2.28. The number of nitrogens with zero attached hydrogens (tertiary/aromatic N) is 2. The monoisotopic (exact) mass is 286 g/mol. The van der Waals surface area contributed by atoms with Crippen LogP contribution >= 0.6 is 0 Å². The van der Waals surface area contributed by atoms with Gasteiger partial charge in [0.2, 0.25) is 0 Å². The third-order valence-electron chi connectivity index (χ3n) is 3.45. The average Bonchev–Trinajstić information content (AvgIpc) is 3.01. The van der Waals surface area contributed by atoms with E-state index in [4.69, 9.17) is 10.2 Å². The molecule has 7 nitrogen and oxygen atoms in total. The second-order valence-electron chi connectivity index (χ2n) is 4.83. The largest absolute Gasteiger partial charge is 0.467 e. The molecule has 2 unspecified atom stereocenters. The van der Waals surface area contributed by atoms with E-state index in [1.807, 2.05) is 12.1 Å². The molecule has 0 amide bonds. The number of aliphatic imine (C=N–C) groups is 1. The summed E-state index contributed by atoms with van der Waals surface area (Å²) in [6, 6.07) is 9.87. The zero-order valence-corrected chi connectivity index (χ0v) is 11.1. The first-order valence-electron chi connectivity index (χ1n) is 6.51. The molecule has 1 aliphatic rings. The Kier molecular flexibility index (Phi) is 3.31. The van der Waals surface area contributed by atoms with Gasteiger partial charge in [0.05, 0.1) is 23.3 Å². The lowest BCUT2D eigenvalue weighted by molar-refractivity contribution is -0.384. The summed E-state index contributed by atoms with van der Waals surface area (Å²) in [7, 11) is 0. The molecule has 0 fully saturated rings. The zero-order chi connectivity index (χ0) is 14.8. The van der Waals surface area contributed by atoms with Gasteiger partial charge in [-0.25, -0.2) is 4.99 Å². The summed E-state index contributed by atoms with van der Waals surface area (Å²) in [6.07, 6.45) is 2.28. The molecule has 21 heavy (non-hydrogen) atoms. The van der Waals surface area contributed by atoms with Crippen molar-refractivity contribution in [1.29, 1.82) is 0 Å². The van der Waals surface area contributed by atoms with Crippen LogP contribution < -0.4 is 11.1 Å². The number of non-ortho nitro benzene ring substituents is 1. The Morgan fingerprint density at radius 3 is 2.71 bits per heavy atom. The van der Waals surface area contributed by atoms with Crippen molar-refractivity contribution in [2.24, 2.45) is 10.7 Å². The summed E-state index contributed by atoms with van der Waals surface area (Å²) in [5.74, 6) is 1.13. The van der Waals surface area contributed by atoms with Crippen molar-refractivity contribution in [3.63, 3.8) is 0 Å². The number of nitro benzene ring substituents is 1. The van der Waals surface area contributed by atoms with E-state index in [1.54, 1.807) is 18.4 Å². The van der Waals surface area contributed by atoms with Gasteiger partial charge >= 0.3 is 0 Å². The standard InChI is InChI=1S/C14H14N4O3/c15-14-16-11(8-12(17-14)13-2-1-7-21-13)9-3-5-10(6-4-9)18(19)20/h1-7,11-12H,8H2,(H3,15,16,17). The minimum absolute atomic E-state index is 0.0577. The van der Waals surface area contributed by atoms with Gasteiger partial charge in [0.1, 0.15) is 5.76 Å². The number of hydrogen-bond donors (Lipinski definition) is 2. The number of rotatable bonds is 3. The quantitative estimate of drug-likeness (QED) is 0.665. The Hall–Kier alpha value is -2.83. The van der Waals surface area contributed by atoms with Crippen molar-refractivity contribution in [3.05, 3.63) is 64.1 Å². The third-order valence-corrected chi connectivity index (χ3v) is 3.45. The van der Waals surface area contributed by atoms with Crippen LogP contribution in [0.5, 0.6) is 0 Å². The Morgan fingerprint density at radius 1 is 1.33 bits per heavy atom. The van der Waals surface area contributed by atoms with Gasteiger partial charge in [0.25, 0.3) is 5.69 Å². The van der Waals surface area contributed by atoms with Gasteiger partial charge < -0.3 is 15.5 Å². The maximum Gasteiger partial charge on any atom is 0.269 e. The molecule has 0 spiro atoms. The minimum Gasteiger partial charge on any atom is -0.467 e. The van der Waals surface area contributed by atoms with Gasteiger partial charge in [-0.05, 0) is 17.7 Å². The van der Waals surface area contributed by atoms with Crippen LogP contribution in [0.2, 0.25) is 0 Å². The van der Waals surface area contributed by atoms with Gasteiger partial charge in [0, 0.05) is 18.6 Å². The lowest BCUT2D eigenvalue weighted by Crippen LogP contribution is -2.39. The van der Waals surface area contributed by atoms with Crippen molar-refractivity contribution in [2.45, 2.75) is 18.5 Å². The summed E-state index contributed by atoms with van der Waals surface area (Å²) >= 11 is 0. The fourth-order valence-electron chi connectivity index (χ4n) is 2.42. The van der Waals surface area contributed by atoms with Crippen LogP contribution in [0.4, 0.5) is 5.69 Å². The second-order valence-corrected chi connectivity index (χ2v) is 4.83. The highest BCUT2D eigenvalue weighted by Gasteiger charge is 2.26. The zero-order valence-electron chi connectivity index (χ0n) is 11.1. The maximum atomic E-state index is 10.7. The van der Waals surface area contributed by atoms with Crippen LogP contribution in [0.1, 0.15) is 29.8 Å². The Bertz CT molecular complexity index is 664. The van der Waals surface area contributed by atoms with Crippen molar-refractivity contribution in [1.82, 2.24) is 5.32 Å². The van der Waals surface area contributed by atoms with E-state index < -0.39 is 4.92 Å². The van der Waals surface area contributed by atoms with Crippen molar-refractivity contribution in [3.8, 4) is 0 Å². The van der Waals surface area contributed by atoms with Crippen LogP contribution in [0.15, 0.2) is 52.1 Å². The number of furan rings is 1. The van der Waals surface area contributed by atoms with Gasteiger partial charge in [-0.15, -0.1) is 0 Å². The summed E-state index contributed by atoms with van der Waals surface area (Å²) in [5, 5.41) is 13.8. The molecule has 2 aromatic rings. The molecule has 1 aromatic carbocycles. The van der Waals surface area contributed by atoms with Crippen LogP contribution in [-0.4, -0.2) is 10.9 Å². The number of nitrogens with two attached hydrogens (primary N) is 1. The van der Waals surface area contributed by atoms with Crippen LogP contribution in [0, 0.1) is 10.1 Å². The molecular formula is C14H14N4O3. The molecule has 1 aromatic heterocycles. The molecule has 0 saturated carbocycles. The Morgan fingerprint density at radius 2 is 2.10 bits per heavy atom. The molecule has 7 heteroatoms. The number of nitro groups is 1. The van der Waals surface area contributed by atoms with E-state index in [2.05, 4.69) is 10.3 Å². The number of hydrogen-bond acceptors (Lipinski definition) is 6. The fourth-order valence-corrected chi connectivity index (χ4v) is 2.42. The SMILES string of the molecule is NC1=NC(c2ccc([N+](=O)[O-])cc2)CC(c2ccco2)N1. The summed E-state index contributed by atoms with van der Waals surface area (Å²) in [6.45, 7) is 0. The van der Waals surface area contributed by atoms with Gasteiger partial charge in [0.15, 0.2) is 5.96 Å². The van der Waals surface area contributed by atoms with E-state index in [1.165, 1.54) is 12.1 Å². The first kappa shape index (κ1) is 13.2. The molecule has 0 bridgehead atoms. The van der Waals surface area contributed by atoms with E-state index in [9.17, 15) is 10.1 Å². The molecule has 3 N–H and O–H groups in total. The summed E-state index contributed by atoms with van der Waals surface area (Å²) < 4.78 is 5.39. The predicted molar refractivity (Wildman–Crippen MR) is 76.7 cm³/mol. The van der Waals surface area contributed by atoms with Crippen molar-refractivity contribution >= 4 is 11.6 Å². The van der Waals surface area contributed by atoms with E-state index >= 15 is 0 Å².